The molecular weight excluding hydrogens is 214 g/mol. The van der Waals surface area contributed by atoms with Gasteiger partial charge in [-0.05, 0) is 32.4 Å². The Bertz CT molecular complexity index is 230. The Morgan fingerprint density at radius 2 is 1.94 bits per heavy atom. The summed E-state index contributed by atoms with van der Waals surface area (Å²) in [5, 5.41) is 9.38. The molecule has 0 saturated heterocycles. The van der Waals surface area contributed by atoms with E-state index in [2.05, 4.69) is 18.7 Å². The maximum absolute atomic E-state index is 11.4. The van der Waals surface area contributed by atoms with E-state index in [1.54, 1.807) is 0 Å². The number of carboxylic acid groups (broad SMARTS) is 1. The minimum Gasteiger partial charge on any atom is -0.481 e. The SMILES string of the molecule is CCCCN(CC)C1CCCCCC1C(=O)O. The van der Waals surface area contributed by atoms with Crippen LogP contribution in [-0.2, 0) is 4.79 Å². The zero-order valence-corrected chi connectivity index (χ0v) is 11.3. The lowest BCUT2D eigenvalue weighted by atomic mass is 9.93. The molecule has 3 heteroatoms. The Kier molecular flexibility index (Phi) is 6.56. The first-order valence-corrected chi connectivity index (χ1v) is 7.17. The van der Waals surface area contributed by atoms with Crippen LogP contribution in [0.25, 0.3) is 0 Å². The molecule has 0 aromatic heterocycles. The van der Waals surface area contributed by atoms with E-state index in [9.17, 15) is 9.90 Å². The highest BCUT2D eigenvalue weighted by atomic mass is 16.4. The molecule has 0 bridgehead atoms. The molecule has 3 nitrogen and oxygen atoms in total. The summed E-state index contributed by atoms with van der Waals surface area (Å²) in [5.41, 5.74) is 0. The average Bonchev–Trinajstić information content (AvgIpc) is 2.56. The second-order valence-electron chi connectivity index (χ2n) is 5.13. The van der Waals surface area contributed by atoms with Gasteiger partial charge < -0.3 is 5.11 Å². The second kappa shape index (κ2) is 7.70. The van der Waals surface area contributed by atoms with Gasteiger partial charge in [0.2, 0.25) is 0 Å². The van der Waals surface area contributed by atoms with E-state index in [-0.39, 0.29) is 12.0 Å². The van der Waals surface area contributed by atoms with Crippen LogP contribution in [0.1, 0.15) is 58.8 Å². The predicted octanol–water partition coefficient (Wildman–Crippen LogP) is 3.14. The Morgan fingerprint density at radius 1 is 1.24 bits per heavy atom. The van der Waals surface area contributed by atoms with Gasteiger partial charge in [0, 0.05) is 6.04 Å². The van der Waals surface area contributed by atoms with Gasteiger partial charge in [-0.3, -0.25) is 9.69 Å². The largest absolute Gasteiger partial charge is 0.481 e. The average molecular weight is 241 g/mol. The van der Waals surface area contributed by atoms with Gasteiger partial charge in [0.25, 0.3) is 0 Å². The number of rotatable bonds is 6. The van der Waals surface area contributed by atoms with Crippen molar-refractivity contribution in [2.75, 3.05) is 13.1 Å². The van der Waals surface area contributed by atoms with Crippen LogP contribution in [0.3, 0.4) is 0 Å². The maximum Gasteiger partial charge on any atom is 0.308 e. The summed E-state index contributed by atoms with van der Waals surface area (Å²) in [6.45, 7) is 6.38. The molecule has 1 aliphatic carbocycles. The third-order valence-corrected chi connectivity index (χ3v) is 3.97. The predicted molar refractivity (Wildman–Crippen MR) is 70.2 cm³/mol. The van der Waals surface area contributed by atoms with Crippen LogP contribution in [-0.4, -0.2) is 35.1 Å². The van der Waals surface area contributed by atoms with Gasteiger partial charge in [-0.25, -0.2) is 0 Å². The Hall–Kier alpha value is -0.570. The van der Waals surface area contributed by atoms with Crippen molar-refractivity contribution in [1.82, 2.24) is 4.90 Å². The zero-order chi connectivity index (χ0) is 12.7. The van der Waals surface area contributed by atoms with E-state index in [1.807, 2.05) is 0 Å². The molecule has 0 radical (unpaired) electrons. The summed E-state index contributed by atoms with van der Waals surface area (Å²) in [4.78, 5) is 13.8. The van der Waals surface area contributed by atoms with Crippen molar-refractivity contribution >= 4 is 5.97 Å². The lowest BCUT2D eigenvalue weighted by molar-refractivity contribution is -0.144. The third-order valence-electron chi connectivity index (χ3n) is 3.97. The van der Waals surface area contributed by atoms with E-state index in [1.165, 1.54) is 25.7 Å². The molecule has 1 saturated carbocycles. The van der Waals surface area contributed by atoms with Gasteiger partial charge in [0.15, 0.2) is 0 Å². The zero-order valence-electron chi connectivity index (χ0n) is 11.3. The molecular formula is C14H27NO2. The molecule has 1 fully saturated rings. The van der Waals surface area contributed by atoms with Gasteiger partial charge in [-0.1, -0.05) is 39.5 Å². The van der Waals surface area contributed by atoms with Crippen molar-refractivity contribution in [3.8, 4) is 0 Å². The molecule has 0 spiro atoms. The minimum atomic E-state index is -0.591. The lowest BCUT2D eigenvalue weighted by Crippen LogP contribution is -2.43. The fourth-order valence-electron chi connectivity index (χ4n) is 2.93. The first kappa shape index (κ1) is 14.5. The molecule has 1 rings (SSSR count). The summed E-state index contributed by atoms with van der Waals surface area (Å²) in [7, 11) is 0. The van der Waals surface area contributed by atoms with E-state index < -0.39 is 5.97 Å². The quantitative estimate of drug-likeness (QED) is 0.726. The molecule has 0 amide bonds. The van der Waals surface area contributed by atoms with Crippen LogP contribution in [0.4, 0.5) is 0 Å². The van der Waals surface area contributed by atoms with Crippen LogP contribution in [0, 0.1) is 5.92 Å². The molecule has 1 N–H and O–H groups in total. The minimum absolute atomic E-state index is 0.144. The first-order valence-electron chi connectivity index (χ1n) is 7.17. The molecule has 2 atom stereocenters. The molecule has 0 aromatic rings. The van der Waals surface area contributed by atoms with E-state index in [0.29, 0.717) is 0 Å². The van der Waals surface area contributed by atoms with E-state index in [0.717, 1.165) is 32.4 Å². The van der Waals surface area contributed by atoms with Crippen molar-refractivity contribution in [2.45, 2.75) is 64.8 Å². The number of hydrogen-bond donors (Lipinski definition) is 1. The maximum atomic E-state index is 11.4. The van der Waals surface area contributed by atoms with Crippen molar-refractivity contribution in [2.24, 2.45) is 5.92 Å². The third kappa shape index (κ3) is 4.30. The Morgan fingerprint density at radius 3 is 2.53 bits per heavy atom. The molecule has 100 valence electrons. The second-order valence-corrected chi connectivity index (χ2v) is 5.13. The molecule has 0 aliphatic heterocycles. The molecule has 0 heterocycles. The van der Waals surface area contributed by atoms with Gasteiger partial charge in [-0.2, -0.15) is 0 Å². The van der Waals surface area contributed by atoms with Crippen LogP contribution in [0.5, 0.6) is 0 Å². The van der Waals surface area contributed by atoms with Crippen LogP contribution < -0.4 is 0 Å². The topological polar surface area (TPSA) is 40.5 Å². The summed E-state index contributed by atoms with van der Waals surface area (Å²) >= 11 is 0. The van der Waals surface area contributed by atoms with E-state index >= 15 is 0 Å². The smallest absolute Gasteiger partial charge is 0.308 e. The number of carboxylic acids is 1. The highest BCUT2D eigenvalue weighted by molar-refractivity contribution is 5.70. The number of nitrogens with zero attached hydrogens (tertiary/aromatic N) is 1. The van der Waals surface area contributed by atoms with E-state index in [4.69, 9.17) is 0 Å². The molecule has 0 aromatic carbocycles. The highest BCUT2D eigenvalue weighted by Crippen LogP contribution is 2.28. The van der Waals surface area contributed by atoms with Gasteiger partial charge in [0.1, 0.15) is 0 Å². The Labute approximate surface area is 105 Å². The lowest BCUT2D eigenvalue weighted by Gasteiger charge is -2.33. The van der Waals surface area contributed by atoms with Gasteiger partial charge in [0.05, 0.1) is 5.92 Å². The number of carbonyl (C=O) groups is 1. The number of aliphatic carboxylic acids is 1. The van der Waals surface area contributed by atoms with Crippen molar-refractivity contribution < 1.29 is 9.90 Å². The summed E-state index contributed by atoms with van der Waals surface area (Å²) in [5.74, 6) is -0.735. The standard InChI is InChI=1S/C14H27NO2/c1-3-5-11-15(4-2)13-10-8-6-7-9-12(13)14(16)17/h12-13H,3-11H2,1-2H3,(H,16,17). The summed E-state index contributed by atoms with van der Waals surface area (Å²) in [6.07, 6.45) is 7.76. The molecule has 17 heavy (non-hydrogen) atoms. The van der Waals surface area contributed by atoms with Crippen molar-refractivity contribution in [3.05, 3.63) is 0 Å². The molecule has 1 aliphatic rings. The summed E-state index contributed by atoms with van der Waals surface area (Å²) < 4.78 is 0. The van der Waals surface area contributed by atoms with Crippen LogP contribution in [0.15, 0.2) is 0 Å². The summed E-state index contributed by atoms with van der Waals surface area (Å²) in [6, 6.07) is 0.270. The number of unbranched alkanes of at least 4 members (excludes halogenated alkanes) is 1. The van der Waals surface area contributed by atoms with Crippen molar-refractivity contribution in [1.29, 1.82) is 0 Å². The van der Waals surface area contributed by atoms with Gasteiger partial charge >= 0.3 is 5.97 Å². The Balaban J connectivity index is 2.68. The fourth-order valence-corrected chi connectivity index (χ4v) is 2.93. The first-order chi connectivity index (χ1) is 8.20. The monoisotopic (exact) mass is 241 g/mol. The number of hydrogen-bond acceptors (Lipinski definition) is 2. The molecule has 2 unspecified atom stereocenters. The van der Waals surface area contributed by atoms with Crippen molar-refractivity contribution in [3.63, 3.8) is 0 Å². The normalized spacial score (nSPS) is 25.8. The fraction of sp³-hybridized carbons (Fsp3) is 0.929. The highest BCUT2D eigenvalue weighted by Gasteiger charge is 2.32. The van der Waals surface area contributed by atoms with Crippen LogP contribution >= 0.6 is 0 Å². The van der Waals surface area contributed by atoms with Crippen LogP contribution in [0.2, 0.25) is 0 Å². The van der Waals surface area contributed by atoms with Gasteiger partial charge in [-0.15, -0.1) is 0 Å².